The van der Waals surface area contributed by atoms with Gasteiger partial charge in [0.15, 0.2) is 0 Å². The van der Waals surface area contributed by atoms with Crippen LogP contribution < -0.4 is 4.74 Å². The van der Waals surface area contributed by atoms with Crippen molar-refractivity contribution in [3.05, 3.63) is 35.4 Å². The minimum atomic E-state index is -1.24. The third kappa shape index (κ3) is 3.87. The van der Waals surface area contributed by atoms with Crippen molar-refractivity contribution >= 4 is 18.0 Å². The Hall–Kier alpha value is -2.30. The molecule has 1 heterocycles. The third-order valence-corrected chi connectivity index (χ3v) is 2.91. The molecule has 2 rings (SSSR count). The van der Waals surface area contributed by atoms with Gasteiger partial charge in [-0.15, -0.1) is 0 Å². The number of para-hydroxylation sites is 1. The maximum absolute atomic E-state index is 12.0. The predicted molar refractivity (Wildman–Crippen MR) is 81.0 cm³/mol. The van der Waals surface area contributed by atoms with Gasteiger partial charge in [0.2, 0.25) is 0 Å². The standard InChI is InChI=1S/C17H20O5/c1-11(2)10-20-14-8-6-5-7-12(14)9-13-15(18)21-17(3,4)22-16(13)19/h5-9,11H,10H2,1-4H3. The molecule has 1 saturated heterocycles. The number of esters is 2. The third-order valence-electron chi connectivity index (χ3n) is 2.91. The molecular formula is C17H20O5. The Balaban J connectivity index is 2.29. The van der Waals surface area contributed by atoms with Crippen molar-refractivity contribution in [1.82, 2.24) is 0 Å². The highest BCUT2D eigenvalue weighted by atomic mass is 16.7. The number of rotatable bonds is 4. The highest BCUT2D eigenvalue weighted by molar-refractivity contribution is 6.19. The maximum Gasteiger partial charge on any atom is 0.348 e. The van der Waals surface area contributed by atoms with E-state index in [4.69, 9.17) is 14.2 Å². The summed E-state index contributed by atoms with van der Waals surface area (Å²) >= 11 is 0. The number of hydrogen-bond acceptors (Lipinski definition) is 5. The topological polar surface area (TPSA) is 61.8 Å². The van der Waals surface area contributed by atoms with Crippen molar-refractivity contribution in [2.75, 3.05) is 6.61 Å². The Morgan fingerprint density at radius 3 is 2.32 bits per heavy atom. The van der Waals surface area contributed by atoms with Gasteiger partial charge >= 0.3 is 11.9 Å². The summed E-state index contributed by atoms with van der Waals surface area (Å²) in [4.78, 5) is 23.9. The van der Waals surface area contributed by atoms with Crippen molar-refractivity contribution in [1.29, 1.82) is 0 Å². The molecule has 118 valence electrons. The first-order chi connectivity index (χ1) is 10.3. The van der Waals surface area contributed by atoms with E-state index in [1.807, 2.05) is 19.9 Å². The highest BCUT2D eigenvalue weighted by Crippen LogP contribution is 2.27. The average molecular weight is 304 g/mol. The Bertz CT molecular complexity index is 591. The van der Waals surface area contributed by atoms with Crippen LogP contribution in [0.5, 0.6) is 5.75 Å². The van der Waals surface area contributed by atoms with Gasteiger partial charge in [-0.1, -0.05) is 32.0 Å². The molecule has 1 fully saturated rings. The molecule has 0 spiro atoms. The Morgan fingerprint density at radius 2 is 1.73 bits per heavy atom. The predicted octanol–water partition coefficient (Wildman–Crippen LogP) is 2.94. The van der Waals surface area contributed by atoms with Crippen molar-refractivity contribution in [3.63, 3.8) is 0 Å². The molecule has 0 aromatic heterocycles. The molecule has 0 saturated carbocycles. The summed E-state index contributed by atoms with van der Waals surface area (Å²) in [5.74, 6) is -1.65. The Kier molecular flexibility index (Phi) is 4.54. The van der Waals surface area contributed by atoms with Gasteiger partial charge in [0.25, 0.3) is 5.79 Å². The van der Waals surface area contributed by atoms with Gasteiger partial charge in [-0.05, 0) is 18.1 Å². The largest absolute Gasteiger partial charge is 0.493 e. The van der Waals surface area contributed by atoms with E-state index >= 15 is 0 Å². The van der Waals surface area contributed by atoms with E-state index < -0.39 is 17.7 Å². The van der Waals surface area contributed by atoms with Crippen LogP contribution in [0.2, 0.25) is 0 Å². The summed E-state index contributed by atoms with van der Waals surface area (Å²) in [6.45, 7) is 7.65. The molecule has 0 amide bonds. The minimum absolute atomic E-state index is 0.139. The molecule has 5 heteroatoms. The second-order valence-electron chi connectivity index (χ2n) is 5.98. The second kappa shape index (κ2) is 6.22. The van der Waals surface area contributed by atoms with Crippen LogP contribution in [0.15, 0.2) is 29.8 Å². The molecular weight excluding hydrogens is 284 g/mol. The first kappa shape index (κ1) is 16.1. The summed E-state index contributed by atoms with van der Waals surface area (Å²) in [6, 6.07) is 7.19. The van der Waals surface area contributed by atoms with Gasteiger partial charge in [0, 0.05) is 19.4 Å². The van der Waals surface area contributed by atoms with E-state index in [9.17, 15) is 9.59 Å². The van der Waals surface area contributed by atoms with Gasteiger partial charge in [0.1, 0.15) is 11.3 Å². The van der Waals surface area contributed by atoms with E-state index in [0.29, 0.717) is 23.8 Å². The van der Waals surface area contributed by atoms with Crippen molar-refractivity contribution in [2.24, 2.45) is 5.92 Å². The fourth-order valence-corrected chi connectivity index (χ4v) is 1.92. The SMILES string of the molecule is CC(C)COc1ccccc1C=C1C(=O)OC(C)(C)OC1=O. The zero-order chi connectivity index (χ0) is 16.3. The van der Waals surface area contributed by atoms with Crippen LogP contribution in [-0.2, 0) is 19.1 Å². The summed E-state index contributed by atoms with van der Waals surface area (Å²) in [7, 11) is 0. The minimum Gasteiger partial charge on any atom is -0.493 e. The smallest absolute Gasteiger partial charge is 0.348 e. The van der Waals surface area contributed by atoms with E-state index in [1.54, 1.807) is 18.2 Å². The van der Waals surface area contributed by atoms with Crippen molar-refractivity contribution < 1.29 is 23.8 Å². The first-order valence-corrected chi connectivity index (χ1v) is 7.19. The lowest BCUT2D eigenvalue weighted by Crippen LogP contribution is -2.41. The van der Waals surface area contributed by atoms with Gasteiger partial charge in [0.05, 0.1) is 6.61 Å². The number of benzene rings is 1. The van der Waals surface area contributed by atoms with Crippen LogP contribution in [0.1, 0.15) is 33.3 Å². The van der Waals surface area contributed by atoms with Gasteiger partial charge in [-0.25, -0.2) is 9.59 Å². The normalized spacial score (nSPS) is 17.0. The number of cyclic esters (lactones) is 2. The molecule has 0 N–H and O–H groups in total. The molecule has 1 aliphatic rings. The second-order valence-corrected chi connectivity index (χ2v) is 5.98. The number of ether oxygens (including phenoxy) is 3. The van der Waals surface area contributed by atoms with Crippen LogP contribution in [0.3, 0.4) is 0 Å². The van der Waals surface area contributed by atoms with Gasteiger partial charge in [-0.2, -0.15) is 0 Å². The zero-order valence-corrected chi connectivity index (χ0v) is 13.2. The van der Waals surface area contributed by atoms with Crippen LogP contribution in [-0.4, -0.2) is 24.3 Å². The average Bonchev–Trinajstić information content (AvgIpc) is 2.40. The van der Waals surface area contributed by atoms with E-state index in [0.717, 1.165) is 0 Å². The van der Waals surface area contributed by atoms with Crippen molar-refractivity contribution in [2.45, 2.75) is 33.5 Å². The zero-order valence-electron chi connectivity index (χ0n) is 13.2. The summed E-state index contributed by atoms with van der Waals surface area (Å²) in [5.41, 5.74) is 0.492. The lowest BCUT2D eigenvalue weighted by atomic mass is 10.1. The van der Waals surface area contributed by atoms with Crippen LogP contribution in [0.25, 0.3) is 6.08 Å². The van der Waals surface area contributed by atoms with Crippen LogP contribution in [0.4, 0.5) is 0 Å². The molecule has 1 aromatic rings. The maximum atomic E-state index is 12.0. The van der Waals surface area contributed by atoms with Crippen molar-refractivity contribution in [3.8, 4) is 5.75 Å². The number of carbonyl (C=O) groups is 2. The summed E-state index contributed by atoms with van der Waals surface area (Å²) in [6.07, 6.45) is 1.44. The molecule has 1 aromatic carbocycles. The molecule has 0 radical (unpaired) electrons. The quantitative estimate of drug-likeness (QED) is 0.486. The van der Waals surface area contributed by atoms with Crippen LogP contribution >= 0.6 is 0 Å². The summed E-state index contributed by atoms with van der Waals surface area (Å²) < 4.78 is 15.9. The molecule has 1 aliphatic heterocycles. The fraction of sp³-hybridized carbons (Fsp3) is 0.412. The Labute approximate surface area is 129 Å². The van der Waals surface area contributed by atoms with E-state index in [1.165, 1.54) is 19.9 Å². The van der Waals surface area contributed by atoms with Gasteiger partial charge in [-0.3, -0.25) is 0 Å². The molecule has 0 atom stereocenters. The molecule has 5 nitrogen and oxygen atoms in total. The lowest BCUT2D eigenvalue weighted by molar-refractivity contribution is -0.222. The molecule has 0 bridgehead atoms. The first-order valence-electron chi connectivity index (χ1n) is 7.19. The number of hydrogen-bond donors (Lipinski definition) is 0. The molecule has 22 heavy (non-hydrogen) atoms. The monoisotopic (exact) mass is 304 g/mol. The van der Waals surface area contributed by atoms with E-state index in [2.05, 4.69) is 0 Å². The summed E-state index contributed by atoms with van der Waals surface area (Å²) in [5, 5.41) is 0. The van der Waals surface area contributed by atoms with E-state index in [-0.39, 0.29) is 5.57 Å². The lowest BCUT2D eigenvalue weighted by Gasteiger charge is -2.29. The van der Waals surface area contributed by atoms with Crippen LogP contribution in [0, 0.1) is 5.92 Å². The molecule has 0 aliphatic carbocycles. The Morgan fingerprint density at radius 1 is 1.14 bits per heavy atom. The number of carbonyl (C=O) groups excluding carboxylic acids is 2. The highest BCUT2D eigenvalue weighted by Gasteiger charge is 2.38. The fourth-order valence-electron chi connectivity index (χ4n) is 1.92. The van der Waals surface area contributed by atoms with Gasteiger partial charge < -0.3 is 14.2 Å². The molecule has 0 unspecified atom stereocenters.